The molecule has 186 valence electrons. The van der Waals surface area contributed by atoms with Crippen LogP contribution in [0.3, 0.4) is 0 Å². The van der Waals surface area contributed by atoms with Crippen molar-refractivity contribution in [3.8, 4) is 0 Å². The topological polar surface area (TPSA) is 107 Å². The van der Waals surface area contributed by atoms with Crippen molar-refractivity contribution >= 4 is 39.3 Å². The summed E-state index contributed by atoms with van der Waals surface area (Å²) >= 11 is 1.39. The van der Waals surface area contributed by atoms with Crippen molar-refractivity contribution in [1.29, 1.82) is 0 Å². The number of hydrogen-bond donors (Lipinski definition) is 0. The van der Waals surface area contributed by atoms with Crippen LogP contribution in [0, 0.1) is 5.92 Å². The lowest BCUT2D eigenvalue weighted by molar-refractivity contribution is -0.149. The normalized spacial score (nSPS) is 14.9. The van der Waals surface area contributed by atoms with Crippen LogP contribution in [-0.4, -0.2) is 46.9 Å². The second-order valence-corrected chi connectivity index (χ2v) is 9.43. The third-order valence-corrected chi connectivity index (χ3v) is 7.17. The first-order valence-corrected chi connectivity index (χ1v) is 12.6. The number of para-hydroxylation sites is 1. The first kappa shape index (κ1) is 23.8. The molecule has 0 radical (unpaired) electrons. The number of rotatable bonds is 6. The molecule has 1 aliphatic rings. The van der Waals surface area contributed by atoms with Crippen molar-refractivity contribution in [3.63, 3.8) is 0 Å². The number of ether oxygens (including phenoxy) is 1. The quantitative estimate of drug-likeness (QED) is 0.364. The first-order chi connectivity index (χ1) is 17.5. The van der Waals surface area contributed by atoms with Gasteiger partial charge in [0.25, 0.3) is 5.91 Å². The van der Waals surface area contributed by atoms with Crippen LogP contribution in [0.15, 0.2) is 68.6 Å². The Hall–Kier alpha value is -3.92. The Morgan fingerprint density at radius 1 is 1.06 bits per heavy atom. The van der Waals surface area contributed by atoms with Crippen LogP contribution in [-0.2, 0) is 16.1 Å². The Balaban J connectivity index is 1.34. The fraction of sp³-hybridized carbons (Fsp3) is 0.308. The van der Waals surface area contributed by atoms with Gasteiger partial charge in [-0.1, -0.05) is 23.5 Å². The fourth-order valence-electron chi connectivity index (χ4n) is 4.27. The molecule has 1 saturated heterocycles. The van der Waals surface area contributed by atoms with Crippen molar-refractivity contribution in [2.75, 3.05) is 19.7 Å². The SMILES string of the molecule is CCOC(=O)C1CCN(C(=O)c2ccc(Cn3c(=NC(=O)c4ccco4)sc4ccccc43)o2)CC1. The Morgan fingerprint density at radius 2 is 1.86 bits per heavy atom. The van der Waals surface area contributed by atoms with Crippen LogP contribution in [0.25, 0.3) is 10.2 Å². The Kier molecular flexibility index (Phi) is 6.86. The fourth-order valence-corrected chi connectivity index (χ4v) is 5.30. The first-order valence-electron chi connectivity index (χ1n) is 11.8. The predicted octanol–water partition coefficient (Wildman–Crippen LogP) is 4.09. The molecule has 1 fully saturated rings. The molecule has 0 unspecified atom stereocenters. The number of furan rings is 2. The van der Waals surface area contributed by atoms with E-state index in [-0.39, 0.29) is 29.3 Å². The number of piperidine rings is 1. The number of likely N-dealkylation sites (tertiary alicyclic amines) is 1. The van der Waals surface area contributed by atoms with Crippen LogP contribution in [0.2, 0.25) is 0 Å². The van der Waals surface area contributed by atoms with Gasteiger partial charge in [0.2, 0.25) is 0 Å². The van der Waals surface area contributed by atoms with Gasteiger partial charge < -0.3 is 23.0 Å². The molecule has 3 aromatic heterocycles. The number of esters is 1. The lowest BCUT2D eigenvalue weighted by Crippen LogP contribution is -2.40. The van der Waals surface area contributed by atoms with E-state index in [2.05, 4.69) is 4.99 Å². The van der Waals surface area contributed by atoms with Gasteiger partial charge in [-0.25, -0.2) is 0 Å². The van der Waals surface area contributed by atoms with E-state index in [1.54, 1.807) is 36.1 Å². The summed E-state index contributed by atoms with van der Waals surface area (Å²) < 4.78 is 19.1. The van der Waals surface area contributed by atoms with E-state index in [1.807, 2.05) is 28.8 Å². The Bertz CT molecular complexity index is 1450. The zero-order valence-electron chi connectivity index (χ0n) is 19.7. The zero-order chi connectivity index (χ0) is 25.1. The molecule has 10 heteroatoms. The Labute approximate surface area is 210 Å². The standard InChI is InChI=1S/C26H25N3O6S/c1-2-33-25(32)17-11-13-28(14-12-17)24(31)21-10-9-18(35-21)16-29-19-6-3-4-8-22(19)36-26(29)27-23(30)20-7-5-15-34-20/h3-10,15,17H,2,11-14,16H2,1H3. The van der Waals surface area contributed by atoms with Crippen LogP contribution in [0.4, 0.5) is 0 Å². The lowest BCUT2D eigenvalue weighted by Gasteiger charge is -2.30. The smallest absolute Gasteiger partial charge is 0.315 e. The molecule has 0 bridgehead atoms. The minimum Gasteiger partial charge on any atom is -0.466 e. The summed E-state index contributed by atoms with van der Waals surface area (Å²) in [6.07, 6.45) is 2.58. The number of aromatic nitrogens is 1. The summed E-state index contributed by atoms with van der Waals surface area (Å²) in [6, 6.07) is 14.4. The molecule has 4 heterocycles. The van der Waals surface area contributed by atoms with E-state index < -0.39 is 5.91 Å². The van der Waals surface area contributed by atoms with E-state index in [0.717, 1.165) is 10.2 Å². The number of carbonyl (C=O) groups is 3. The number of benzene rings is 1. The average molecular weight is 508 g/mol. The van der Waals surface area contributed by atoms with E-state index in [1.165, 1.54) is 17.6 Å². The van der Waals surface area contributed by atoms with Crippen molar-refractivity contribution < 1.29 is 28.0 Å². The average Bonchev–Trinajstić information content (AvgIpc) is 3.65. The highest BCUT2D eigenvalue weighted by Gasteiger charge is 2.29. The molecule has 1 aromatic carbocycles. The lowest BCUT2D eigenvalue weighted by atomic mass is 9.97. The Morgan fingerprint density at radius 3 is 2.61 bits per heavy atom. The predicted molar refractivity (Wildman–Crippen MR) is 131 cm³/mol. The van der Waals surface area contributed by atoms with Gasteiger partial charge in [-0.2, -0.15) is 4.99 Å². The van der Waals surface area contributed by atoms with E-state index in [4.69, 9.17) is 13.6 Å². The van der Waals surface area contributed by atoms with Gasteiger partial charge in [-0.05, 0) is 56.2 Å². The van der Waals surface area contributed by atoms with Crippen molar-refractivity contribution in [2.45, 2.75) is 26.3 Å². The molecule has 0 aliphatic carbocycles. The molecule has 36 heavy (non-hydrogen) atoms. The van der Waals surface area contributed by atoms with Gasteiger partial charge in [-0.3, -0.25) is 14.4 Å². The highest BCUT2D eigenvalue weighted by atomic mass is 32.1. The van der Waals surface area contributed by atoms with Gasteiger partial charge in [0.1, 0.15) is 5.76 Å². The number of nitrogens with zero attached hydrogens (tertiary/aromatic N) is 3. The maximum Gasteiger partial charge on any atom is 0.315 e. The number of hydrogen-bond acceptors (Lipinski definition) is 7. The van der Waals surface area contributed by atoms with Gasteiger partial charge in [0.05, 0.1) is 35.5 Å². The largest absolute Gasteiger partial charge is 0.466 e. The molecular formula is C26H25N3O6S. The minimum atomic E-state index is -0.471. The summed E-state index contributed by atoms with van der Waals surface area (Å²) in [5.74, 6) is -0.0766. The number of amides is 2. The molecule has 5 rings (SSSR count). The van der Waals surface area contributed by atoms with E-state index in [0.29, 0.717) is 49.6 Å². The highest BCUT2D eigenvalue weighted by molar-refractivity contribution is 7.16. The summed E-state index contributed by atoms with van der Waals surface area (Å²) in [5, 5.41) is 0. The molecule has 0 N–H and O–H groups in total. The van der Waals surface area contributed by atoms with Crippen LogP contribution < -0.4 is 4.80 Å². The monoisotopic (exact) mass is 507 g/mol. The van der Waals surface area contributed by atoms with Gasteiger partial charge in [0.15, 0.2) is 16.3 Å². The summed E-state index contributed by atoms with van der Waals surface area (Å²) in [7, 11) is 0. The molecule has 0 spiro atoms. The second-order valence-electron chi connectivity index (χ2n) is 8.42. The van der Waals surface area contributed by atoms with Crippen LogP contribution >= 0.6 is 11.3 Å². The molecule has 9 nitrogen and oxygen atoms in total. The van der Waals surface area contributed by atoms with Gasteiger partial charge in [-0.15, -0.1) is 0 Å². The maximum absolute atomic E-state index is 13.0. The summed E-state index contributed by atoms with van der Waals surface area (Å²) in [6.45, 7) is 3.39. The molecule has 4 aromatic rings. The third-order valence-electron chi connectivity index (χ3n) is 6.11. The second kappa shape index (κ2) is 10.4. The van der Waals surface area contributed by atoms with E-state index in [9.17, 15) is 14.4 Å². The van der Waals surface area contributed by atoms with E-state index >= 15 is 0 Å². The molecule has 0 atom stereocenters. The number of thiazole rings is 1. The van der Waals surface area contributed by atoms with Crippen LogP contribution in [0.5, 0.6) is 0 Å². The minimum absolute atomic E-state index is 0.164. The zero-order valence-corrected chi connectivity index (χ0v) is 20.5. The molecule has 1 aliphatic heterocycles. The number of carbonyl (C=O) groups excluding carboxylic acids is 3. The van der Waals surface area contributed by atoms with Crippen LogP contribution in [0.1, 0.15) is 46.6 Å². The van der Waals surface area contributed by atoms with Crippen molar-refractivity contribution in [3.05, 3.63) is 76.9 Å². The molecule has 0 saturated carbocycles. The van der Waals surface area contributed by atoms with Gasteiger partial charge >= 0.3 is 11.9 Å². The maximum atomic E-state index is 13.0. The summed E-state index contributed by atoms with van der Waals surface area (Å²) in [5.41, 5.74) is 0.902. The number of fused-ring (bicyclic) bond motifs is 1. The van der Waals surface area contributed by atoms with Crippen molar-refractivity contribution in [1.82, 2.24) is 9.47 Å². The van der Waals surface area contributed by atoms with Crippen molar-refractivity contribution in [2.24, 2.45) is 10.9 Å². The molecular weight excluding hydrogens is 482 g/mol. The molecule has 2 amide bonds. The summed E-state index contributed by atoms with van der Waals surface area (Å²) in [4.78, 5) is 44.0. The third kappa shape index (κ3) is 4.90. The van der Waals surface area contributed by atoms with Gasteiger partial charge in [0, 0.05) is 13.1 Å². The highest BCUT2D eigenvalue weighted by Crippen LogP contribution is 2.23.